The van der Waals surface area contributed by atoms with Crippen LogP contribution in [0.3, 0.4) is 0 Å². The lowest BCUT2D eigenvalue weighted by molar-refractivity contribution is 0.311. The Morgan fingerprint density at radius 1 is 1.00 bits per heavy atom. The van der Waals surface area contributed by atoms with Crippen LogP contribution in [0.4, 0.5) is 11.8 Å². The number of benzene rings is 1. The Morgan fingerprint density at radius 3 is 2.57 bits per heavy atom. The van der Waals surface area contributed by atoms with E-state index >= 15 is 0 Å². The third-order valence-electron chi connectivity index (χ3n) is 5.71. The number of aromatic nitrogens is 2. The summed E-state index contributed by atoms with van der Waals surface area (Å²) in [7, 11) is 2.17. The van der Waals surface area contributed by atoms with Gasteiger partial charge in [0.2, 0.25) is 5.95 Å². The van der Waals surface area contributed by atoms with Crippen molar-refractivity contribution >= 4 is 11.8 Å². The number of allylic oxidation sites excluding steroid dienone is 1. The van der Waals surface area contributed by atoms with Gasteiger partial charge in [-0.2, -0.15) is 4.98 Å². The van der Waals surface area contributed by atoms with Crippen LogP contribution in [0.1, 0.15) is 32.1 Å². The first-order valence-corrected chi connectivity index (χ1v) is 10.6. The molecule has 1 aromatic heterocycles. The molecule has 28 heavy (non-hydrogen) atoms. The van der Waals surface area contributed by atoms with Crippen molar-refractivity contribution in [2.75, 3.05) is 50.0 Å². The van der Waals surface area contributed by atoms with E-state index in [-0.39, 0.29) is 0 Å². The largest absolute Gasteiger partial charge is 0.370 e. The molecule has 0 amide bonds. The number of nitrogens with one attached hydrogen (secondary N) is 1. The molecule has 0 spiro atoms. The highest BCUT2D eigenvalue weighted by Crippen LogP contribution is 2.24. The van der Waals surface area contributed by atoms with E-state index in [0.717, 1.165) is 62.2 Å². The summed E-state index contributed by atoms with van der Waals surface area (Å²) in [6.07, 6.45) is 8.72. The first kappa shape index (κ1) is 18.9. The number of anilines is 2. The first-order chi connectivity index (χ1) is 13.8. The van der Waals surface area contributed by atoms with Crippen molar-refractivity contribution in [1.82, 2.24) is 14.9 Å². The zero-order chi connectivity index (χ0) is 19.2. The van der Waals surface area contributed by atoms with Gasteiger partial charge in [-0.05, 0) is 39.2 Å². The van der Waals surface area contributed by atoms with Gasteiger partial charge < -0.3 is 15.1 Å². The number of nitrogens with zero attached hydrogens (tertiary/aromatic N) is 4. The number of likely N-dealkylation sites (N-methyl/N-ethyl adjacent to an activating group) is 1. The molecule has 0 unspecified atom stereocenters. The number of hydrogen-bond acceptors (Lipinski definition) is 5. The Balaban J connectivity index is 1.52. The zero-order valence-corrected chi connectivity index (χ0v) is 16.9. The molecule has 4 rings (SSSR count). The van der Waals surface area contributed by atoms with Crippen LogP contribution in [0.5, 0.6) is 0 Å². The molecule has 1 aliphatic heterocycles. The molecule has 2 aliphatic rings. The molecule has 148 valence electrons. The highest BCUT2D eigenvalue weighted by molar-refractivity contribution is 5.64. The maximum Gasteiger partial charge on any atom is 0.227 e. The molecular weight excluding hydrogens is 346 g/mol. The van der Waals surface area contributed by atoms with Gasteiger partial charge in [0.05, 0.1) is 5.69 Å². The summed E-state index contributed by atoms with van der Waals surface area (Å²) in [6, 6.07) is 12.5. The molecule has 0 radical (unpaired) electrons. The van der Waals surface area contributed by atoms with Crippen LogP contribution in [-0.2, 0) is 0 Å². The van der Waals surface area contributed by atoms with Gasteiger partial charge in [-0.15, -0.1) is 0 Å². The minimum Gasteiger partial charge on any atom is -0.370 e. The van der Waals surface area contributed by atoms with Crippen LogP contribution in [0.15, 0.2) is 48.0 Å². The fourth-order valence-electron chi connectivity index (χ4n) is 3.91. The average Bonchev–Trinajstić information content (AvgIpc) is 2.75. The van der Waals surface area contributed by atoms with E-state index in [4.69, 9.17) is 9.97 Å². The van der Waals surface area contributed by atoms with Gasteiger partial charge in [-0.25, -0.2) is 4.98 Å². The molecule has 1 fully saturated rings. The molecule has 1 aromatic carbocycles. The molecule has 5 heteroatoms. The second-order valence-corrected chi connectivity index (χ2v) is 7.88. The van der Waals surface area contributed by atoms with Gasteiger partial charge in [0, 0.05) is 44.4 Å². The predicted octanol–water partition coefficient (Wildman–Crippen LogP) is 4.20. The van der Waals surface area contributed by atoms with Crippen molar-refractivity contribution in [1.29, 1.82) is 0 Å². The molecule has 1 aliphatic carbocycles. The van der Waals surface area contributed by atoms with E-state index in [1.54, 1.807) is 5.57 Å². The van der Waals surface area contributed by atoms with Gasteiger partial charge >= 0.3 is 0 Å². The molecule has 0 bridgehead atoms. The monoisotopic (exact) mass is 377 g/mol. The fraction of sp³-hybridized carbons (Fsp3) is 0.478. The third-order valence-corrected chi connectivity index (χ3v) is 5.71. The lowest BCUT2D eigenvalue weighted by atomic mass is 9.97. The Hall–Kier alpha value is -2.40. The number of piperazine rings is 1. The van der Waals surface area contributed by atoms with E-state index in [2.05, 4.69) is 58.6 Å². The van der Waals surface area contributed by atoms with Crippen LogP contribution >= 0.6 is 0 Å². The van der Waals surface area contributed by atoms with Crippen molar-refractivity contribution in [3.05, 3.63) is 48.0 Å². The fourth-order valence-corrected chi connectivity index (χ4v) is 3.91. The van der Waals surface area contributed by atoms with E-state index < -0.39 is 0 Å². The Morgan fingerprint density at radius 2 is 1.82 bits per heavy atom. The predicted molar refractivity (Wildman–Crippen MR) is 117 cm³/mol. The van der Waals surface area contributed by atoms with Crippen LogP contribution < -0.4 is 10.2 Å². The molecule has 1 saturated heterocycles. The summed E-state index contributed by atoms with van der Waals surface area (Å²) in [5, 5.41) is 3.56. The lowest BCUT2D eigenvalue weighted by Gasteiger charge is -2.32. The zero-order valence-electron chi connectivity index (χ0n) is 16.9. The SMILES string of the molecule is CN1CCN(c2nc(NCCC3=CCCCC3)cc(-c3ccccc3)n2)CC1. The molecule has 2 aromatic rings. The Kier molecular flexibility index (Phi) is 6.22. The minimum atomic E-state index is 0.842. The average molecular weight is 378 g/mol. The van der Waals surface area contributed by atoms with E-state index in [1.165, 1.54) is 25.7 Å². The van der Waals surface area contributed by atoms with Crippen molar-refractivity contribution in [3.63, 3.8) is 0 Å². The van der Waals surface area contributed by atoms with Gasteiger partial charge in [0.25, 0.3) is 0 Å². The Labute approximate surface area is 168 Å². The van der Waals surface area contributed by atoms with Gasteiger partial charge in [0.1, 0.15) is 5.82 Å². The molecule has 1 N–H and O–H groups in total. The topological polar surface area (TPSA) is 44.3 Å². The van der Waals surface area contributed by atoms with Crippen molar-refractivity contribution < 1.29 is 0 Å². The van der Waals surface area contributed by atoms with E-state index in [1.807, 2.05) is 6.07 Å². The number of hydrogen-bond donors (Lipinski definition) is 1. The van der Waals surface area contributed by atoms with Crippen molar-refractivity contribution in [3.8, 4) is 11.3 Å². The van der Waals surface area contributed by atoms with Gasteiger partial charge in [-0.3, -0.25) is 0 Å². The molecule has 0 saturated carbocycles. The third kappa shape index (κ3) is 4.90. The summed E-state index contributed by atoms with van der Waals surface area (Å²) >= 11 is 0. The maximum atomic E-state index is 4.90. The summed E-state index contributed by atoms with van der Waals surface area (Å²) < 4.78 is 0. The minimum absolute atomic E-state index is 0.842. The lowest BCUT2D eigenvalue weighted by Crippen LogP contribution is -2.45. The smallest absolute Gasteiger partial charge is 0.227 e. The summed E-state index contributed by atoms with van der Waals surface area (Å²) in [6.45, 7) is 4.98. The van der Waals surface area contributed by atoms with E-state index in [0.29, 0.717) is 0 Å². The van der Waals surface area contributed by atoms with Crippen LogP contribution in [0, 0.1) is 0 Å². The second kappa shape index (κ2) is 9.20. The van der Waals surface area contributed by atoms with Crippen LogP contribution in [0.25, 0.3) is 11.3 Å². The van der Waals surface area contributed by atoms with Gasteiger partial charge in [-0.1, -0.05) is 42.0 Å². The van der Waals surface area contributed by atoms with Crippen LogP contribution in [-0.4, -0.2) is 54.6 Å². The standard InChI is InChI=1S/C23H31N5/c1-27-14-16-28(17-15-27)23-25-21(20-10-6-3-7-11-20)18-22(26-23)24-13-12-19-8-4-2-5-9-19/h3,6-8,10-11,18H,2,4-5,9,12-17H2,1H3,(H,24,25,26). The molecule has 2 heterocycles. The highest BCUT2D eigenvalue weighted by Gasteiger charge is 2.18. The van der Waals surface area contributed by atoms with Gasteiger partial charge in [0.15, 0.2) is 0 Å². The molecule has 0 atom stereocenters. The molecular formula is C23H31N5. The summed E-state index contributed by atoms with van der Waals surface area (Å²) in [5.41, 5.74) is 3.72. The second-order valence-electron chi connectivity index (χ2n) is 7.88. The summed E-state index contributed by atoms with van der Waals surface area (Å²) in [4.78, 5) is 14.4. The maximum absolute atomic E-state index is 4.90. The highest BCUT2D eigenvalue weighted by atomic mass is 15.3. The van der Waals surface area contributed by atoms with Crippen molar-refractivity contribution in [2.24, 2.45) is 0 Å². The van der Waals surface area contributed by atoms with Crippen LogP contribution in [0.2, 0.25) is 0 Å². The van der Waals surface area contributed by atoms with Crippen molar-refractivity contribution in [2.45, 2.75) is 32.1 Å². The normalized spacial score (nSPS) is 18.0. The Bertz CT molecular complexity index is 794. The first-order valence-electron chi connectivity index (χ1n) is 10.6. The van der Waals surface area contributed by atoms with E-state index in [9.17, 15) is 0 Å². The summed E-state index contributed by atoms with van der Waals surface area (Å²) in [5.74, 6) is 1.77. The quantitative estimate of drug-likeness (QED) is 0.765. The molecule has 5 nitrogen and oxygen atoms in total. The number of rotatable bonds is 6.